The van der Waals surface area contributed by atoms with Crippen molar-refractivity contribution >= 4 is 0 Å². The molecule has 0 aromatic heterocycles. The Labute approximate surface area is 143 Å². The molecular weight excluding hydrogens is 288 g/mol. The van der Waals surface area contributed by atoms with Crippen LogP contribution in [0.1, 0.15) is 79.1 Å². The first-order valence-electron chi connectivity index (χ1n) is 9.62. The molecular formula is C20H38O3. The summed E-state index contributed by atoms with van der Waals surface area (Å²) in [4.78, 5) is 0. The molecule has 3 heteroatoms. The second kappa shape index (κ2) is 7.84. The maximum Gasteiger partial charge on any atom is 0.0714 e. The van der Waals surface area contributed by atoms with Crippen LogP contribution in [-0.4, -0.2) is 37.6 Å². The van der Waals surface area contributed by atoms with Crippen LogP contribution >= 0.6 is 0 Å². The fourth-order valence-electron chi connectivity index (χ4n) is 5.24. The maximum atomic E-state index is 7.02. The first kappa shape index (κ1) is 19.2. The van der Waals surface area contributed by atoms with Crippen LogP contribution in [0.2, 0.25) is 0 Å². The van der Waals surface area contributed by atoms with E-state index in [0.717, 1.165) is 12.8 Å². The molecule has 0 saturated heterocycles. The lowest BCUT2D eigenvalue weighted by molar-refractivity contribution is -0.236. The zero-order chi connectivity index (χ0) is 17.1. The summed E-state index contributed by atoms with van der Waals surface area (Å²) in [6, 6.07) is 0. The Morgan fingerprint density at radius 1 is 0.739 bits per heavy atom. The van der Waals surface area contributed by atoms with E-state index in [1.54, 1.807) is 0 Å². The van der Waals surface area contributed by atoms with Crippen LogP contribution in [-0.2, 0) is 14.2 Å². The second-order valence-corrected chi connectivity index (χ2v) is 8.31. The van der Waals surface area contributed by atoms with Crippen molar-refractivity contribution in [1.82, 2.24) is 0 Å². The van der Waals surface area contributed by atoms with Gasteiger partial charge in [-0.1, -0.05) is 25.7 Å². The Balaban J connectivity index is 2.20. The van der Waals surface area contributed by atoms with Gasteiger partial charge in [-0.3, -0.25) is 0 Å². The van der Waals surface area contributed by atoms with Gasteiger partial charge in [-0.25, -0.2) is 0 Å². The molecule has 6 unspecified atom stereocenters. The Morgan fingerprint density at radius 3 is 1.48 bits per heavy atom. The van der Waals surface area contributed by atoms with Crippen LogP contribution in [0, 0.1) is 11.8 Å². The van der Waals surface area contributed by atoms with Crippen LogP contribution in [0.4, 0.5) is 0 Å². The van der Waals surface area contributed by atoms with Crippen molar-refractivity contribution in [2.45, 2.75) is 102 Å². The highest BCUT2D eigenvalue weighted by Crippen LogP contribution is 2.47. The van der Waals surface area contributed by atoms with E-state index in [1.807, 2.05) is 14.2 Å². The van der Waals surface area contributed by atoms with Crippen LogP contribution in [0.5, 0.6) is 0 Å². The van der Waals surface area contributed by atoms with E-state index in [1.165, 1.54) is 38.5 Å². The van der Waals surface area contributed by atoms with Crippen molar-refractivity contribution in [3.8, 4) is 0 Å². The molecule has 2 saturated carbocycles. The molecule has 0 aromatic carbocycles. The summed E-state index contributed by atoms with van der Waals surface area (Å²) in [6.07, 6.45) is 10.4. The van der Waals surface area contributed by atoms with Gasteiger partial charge in [-0.05, 0) is 53.4 Å². The van der Waals surface area contributed by atoms with E-state index >= 15 is 0 Å². The molecule has 0 heterocycles. The molecule has 2 aliphatic rings. The molecule has 0 N–H and O–H groups in total. The molecule has 6 atom stereocenters. The lowest BCUT2D eigenvalue weighted by atomic mass is 9.70. The average molecular weight is 327 g/mol. The van der Waals surface area contributed by atoms with Gasteiger partial charge in [0.15, 0.2) is 0 Å². The van der Waals surface area contributed by atoms with Gasteiger partial charge in [0.2, 0.25) is 0 Å². The van der Waals surface area contributed by atoms with Crippen molar-refractivity contribution in [3.63, 3.8) is 0 Å². The predicted molar refractivity (Wildman–Crippen MR) is 94.8 cm³/mol. The van der Waals surface area contributed by atoms with Crippen LogP contribution in [0.15, 0.2) is 0 Å². The number of ether oxygens (including phenoxy) is 3. The third-order valence-electron chi connectivity index (χ3n) is 6.79. The molecule has 23 heavy (non-hydrogen) atoms. The smallest absolute Gasteiger partial charge is 0.0714 e. The van der Waals surface area contributed by atoms with Gasteiger partial charge < -0.3 is 14.2 Å². The van der Waals surface area contributed by atoms with Gasteiger partial charge in [0.1, 0.15) is 0 Å². The van der Waals surface area contributed by atoms with Crippen LogP contribution in [0.3, 0.4) is 0 Å². The summed E-state index contributed by atoms with van der Waals surface area (Å²) in [5.41, 5.74) is -0.156. The normalized spacial score (nSPS) is 41.5. The van der Waals surface area contributed by atoms with Gasteiger partial charge in [-0.2, -0.15) is 0 Å². The average Bonchev–Trinajstić information content (AvgIpc) is 2.53. The fraction of sp³-hybridized carbons (Fsp3) is 1.00. The molecule has 0 aromatic rings. The molecule has 136 valence electrons. The zero-order valence-electron chi connectivity index (χ0n) is 16.2. The summed E-state index contributed by atoms with van der Waals surface area (Å²) >= 11 is 0. The minimum Gasteiger partial charge on any atom is -0.381 e. The largest absolute Gasteiger partial charge is 0.381 e. The van der Waals surface area contributed by atoms with Crippen molar-refractivity contribution < 1.29 is 14.2 Å². The lowest BCUT2D eigenvalue weighted by Crippen LogP contribution is -2.55. The summed E-state index contributed by atoms with van der Waals surface area (Å²) in [5, 5.41) is 0. The predicted octanol–water partition coefficient (Wildman–Crippen LogP) is 4.97. The van der Waals surface area contributed by atoms with E-state index < -0.39 is 0 Å². The number of rotatable bonds is 6. The molecule has 0 bridgehead atoms. The van der Waals surface area contributed by atoms with E-state index in [0.29, 0.717) is 11.8 Å². The molecule has 3 nitrogen and oxygen atoms in total. The number of hydrogen-bond acceptors (Lipinski definition) is 3. The monoisotopic (exact) mass is 326 g/mol. The lowest BCUT2D eigenvalue weighted by Gasteiger charge is -2.53. The van der Waals surface area contributed by atoms with Crippen molar-refractivity contribution in [3.05, 3.63) is 0 Å². The molecule has 2 fully saturated rings. The van der Waals surface area contributed by atoms with E-state index in [9.17, 15) is 0 Å². The van der Waals surface area contributed by atoms with Gasteiger partial charge in [-0.15, -0.1) is 0 Å². The summed E-state index contributed by atoms with van der Waals surface area (Å²) < 4.78 is 18.4. The molecule has 2 aliphatic carbocycles. The Bertz CT molecular complexity index is 338. The summed E-state index contributed by atoms with van der Waals surface area (Å²) in [6.45, 7) is 9.08. The maximum absolute atomic E-state index is 7.02. The molecule has 0 radical (unpaired) electrons. The van der Waals surface area contributed by atoms with Crippen molar-refractivity contribution in [1.29, 1.82) is 0 Å². The third-order valence-corrected chi connectivity index (χ3v) is 6.79. The van der Waals surface area contributed by atoms with E-state index in [4.69, 9.17) is 14.2 Å². The van der Waals surface area contributed by atoms with Crippen LogP contribution in [0.25, 0.3) is 0 Å². The quantitative estimate of drug-likeness (QED) is 0.689. The van der Waals surface area contributed by atoms with E-state index in [-0.39, 0.29) is 23.4 Å². The molecule has 0 spiro atoms. The molecule has 0 aliphatic heterocycles. The minimum absolute atomic E-state index is 0.0779. The standard InChI is InChI=1S/C20H38O3/c1-15(21-5)17-11-7-9-13-19(17,3)23-20(4)14-10-8-12-18(20)16(2)22-6/h15-18H,7-14H2,1-6H3. The van der Waals surface area contributed by atoms with Crippen LogP contribution < -0.4 is 0 Å². The van der Waals surface area contributed by atoms with Crippen molar-refractivity contribution in [2.75, 3.05) is 14.2 Å². The Kier molecular flexibility index (Phi) is 6.55. The van der Waals surface area contributed by atoms with Gasteiger partial charge in [0.25, 0.3) is 0 Å². The number of hydrogen-bond donors (Lipinski definition) is 0. The summed E-state index contributed by atoms with van der Waals surface area (Å²) in [7, 11) is 3.66. The molecule has 2 rings (SSSR count). The highest BCUT2D eigenvalue weighted by molar-refractivity contribution is 4.98. The third kappa shape index (κ3) is 4.11. The van der Waals surface area contributed by atoms with Gasteiger partial charge in [0, 0.05) is 26.1 Å². The SMILES string of the molecule is COC(C)C1CCCCC1(C)OC1(C)CCCCC1C(C)OC. The highest BCUT2D eigenvalue weighted by atomic mass is 16.5. The topological polar surface area (TPSA) is 27.7 Å². The Morgan fingerprint density at radius 2 is 1.13 bits per heavy atom. The highest BCUT2D eigenvalue weighted by Gasteiger charge is 2.49. The summed E-state index contributed by atoms with van der Waals surface area (Å²) in [5.74, 6) is 0.969. The first-order chi connectivity index (χ1) is 10.9. The second-order valence-electron chi connectivity index (χ2n) is 8.31. The van der Waals surface area contributed by atoms with Gasteiger partial charge in [0.05, 0.1) is 23.4 Å². The zero-order valence-corrected chi connectivity index (χ0v) is 16.2. The van der Waals surface area contributed by atoms with Gasteiger partial charge >= 0.3 is 0 Å². The van der Waals surface area contributed by atoms with E-state index in [2.05, 4.69) is 27.7 Å². The molecule has 0 amide bonds. The Hall–Kier alpha value is -0.120. The van der Waals surface area contributed by atoms with Crippen molar-refractivity contribution in [2.24, 2.45) is 11.8 Å². The first-order valence-corrected chi connectivity index (χ1v) is 9.62. The number of methoxy groups -OCH3 is 2. The fourth-order valence-corrected chi connectivity index (χ4v) is 5.24. The minimum atomic E-state index is -0.0779.